The summed E-state index contributed by atoms with van der Waals surface area (Å²) >= 11 is 5.65. The monoisotopic (exact) mass is 456 g/mol. The summed E-state index contributed by atoms with van der Waals surface area (Å²) in [5.41, 5.74) is 0.112. The maximum Gasteiger partial charge on any atom is 0.420 e. The van der Waals surface area contributed by atoms with E-state index in [1.165, 1.54) is 0 Å². The van der Waals surface area contributed by atoms with Gasteiger partial charge in [-0.1, -0.05) is 17.7 Å². The number of carbonyl (C=O) groups excluding carboxylic acids is 1. The summed E-state index contributed by atoms with van der Waals surface area (Å²) in [4.78, 5) is 25.9. The Morgan fingerprint density at radius 3 is 2.35 bits per heavy atom. The van der Waals surface area contributed by atoms with Gasteiger partial charge in [0.1, 0.15) is 22.1 Å². The van der Waals surface area contributed by atoms with Crippen LogP contribution in [0.15, 0.2) is 24.5 Å². The van der Waals surface area contributed by atoms with E-state index >= 15 is 0 Å². The average Bonchev–Trinajstić information content (AvgIpc) is 2.66. The van der Waals surface area contributed by atoms with Crippen LogP contribution in [0.4, 0.5) is 18.0 Å². The lowest BCUT2D eigenvalue weighted by molar-refractivity contribution is -0.138. The van der Waals surface area contributed by atoms with Gasteiger partial charge in [0.25, 0.3) is 0 Å². The van der Waals surface area contributed by atoms with Crippen molar-refractivity contribution in [3.63, 3.8) is 0 Å². The van der Waals surface area contributed by atoms with E-state index in [4.69, 9.17) is 16.3 Å². The Morgan fingerprint density at radius 1 is 1.16 bits per heavy atom. The zero-order chi connectivity index (χ0) is 22.8. The fourth-order valence-electron chi connectivity index (χ4n) is 3.32. The molecule has 6 nitrogen and oxygen atoms in total. The Balaban J connectivity index is 1.58. The number of piperidine rings is 1. The zero-order valence-electron chi connectivity index (χ0n) is 17.5. The molecule has 0 aliphatic carbocycles. The molecule has 0 bridgehead atoms. The van der Waals surface area contributed by atoms with Crippen molar-refractivity contribution in [1.29, 1.82) is 0 Å². The van der Waals surface area contributed by atoms with Crippen LogP contribution in [0, 0.1) is 0 Å². The van der Waals surface area contributed by atoms with Crippen LogP contribution in [0.5, 0.6) is 0 Å². The van der Waals surface area contributed by atoms with E-state index in [0.29, 0.717) is 19.3 Å². The second kappa shape index (κ2) is 8.98. The number of hydrogen-bond donors (Lipinski definition) is 0. The van der Waals surface area contributed by atoms with Crippen molar-refractivity contribution in [2.75, 3.05) is 13.1 Å². The molecule has 1 aliphatic heterocycles. The largest absolute Gasteiger partial charge is 0.444 e. The molecule has 0 unspecified atom stereocenters. The normalized spacial score (nSPS) is 15.8. The summed E-state index contributed by atoms with van der Waals surface area (Å²) in [6, 6.07) is 3.76. The molecule has 1 saturated heterocycles. The number of aromatic nitrogens is 3. The van der Waals surface area contributed by atoms with Crippen molar-refractivity contribution in [3.8, 4) is 0 Å². The van der Waals surface area contributed by atoms with Crippen molar-refractivity contribution in [2.45, 2.75) is 57.7 Å². The highest BCUT2D eigenvalue weighted by Gasteiger charge is 2.34. The number of pyridine rings is 1. The van der Waals surface area contributed by atoms with E-state index < -0.39 is 22.5 Å². The number of carbonyl (C=O) groups is 1. The van der Waals surface area contributed by atoms with Gasteiger partial charge in [0.05, 0.1) is 0 Å². The molecular formula is C21H24ClF3N4O2. The number of halogens is 4. The van der Waals surface area contributed by atoms with Crippen LogP contribution in [0.2, 0.25) is 5.15 Å². The highest BCUT2D eigenvalue weighted by atomic mass is 35.5. The first kappa shape index (κ1) is 23.2. The SMILES string of the molecule is CC(C)(C)OC(=O)N1CCC(c2ccc(Cc3ncc(C(F)(F)F)c(Cl)n3)cn2)CC1. The van der Waals surface area contributed by atoms with Gasteiger partial charge in [-0.3, -0.25) is 4.98 Å². The van der Waals surface area contributed by atoms with E-state index in [9.17, 15) is 18.0 Å². The van der Waals surface area contributed by atoms with E-state index in [-0.39, 0.29) is 24.3 Å². The molecule has 0 radical (unpaired) electrons. The van der Waals surface area contributed by atoms with Crippen LogP contribution in [0.1, 0.15) is 62.2 Å². The first-order valence-corrected chi connectivity index (χ1v) is 10.3. The minimum absolute atomic E-state index is 0.193. The molecule has 1 aliphatic rings. The van der Waals surface area contributed by atoms with Gasteiger partial charge < -0.3 is 9.64 Å². The minimum Gasteiger partial charge on any atom is -0.444 e. The smallest absolute Gasteiger partial charge is 0.420 e. The second-order valence-corrected chi connectivity index (χ2v) is 8.86. The molecule has 0 aromatic carbocycles. The highest BCUT2D eigenvalue weighted by Crippen LogP contribution is 2.33. The molecule has 3 rings (SSSR count). The van der Waals surface area contributed by atoms with E-state index in [1.54, 1.807) is 11.1 Å². The number of nitrogens with zero attached hydrogens (tertiary/aromatic N) is 4. The highest BCUT2D eigenvalue weighted by molar-refractivity contribution is 6.30. The van der Waals surface area contributed by atoms with Crippen molar-refractivity contribution in [2.24, 2.45) is 0 Å². The molecule has 31 heavy (non-hydrogen) atoms. The molecular weight excluding hydrogens is 433 g/mol. The molecule has 10 heteroatoms. The van der Waals surface area contributed by atoms with Crippen molar-refractivity contribution in [3.05, 3.63) is 52.3 Å². The maximum atomic E-state index is 12.8. The second-order valence-electron chi connectivity index (χ2n) is 8.50. The van der Waals surface area contributed by atoms with Gasteiger partial charge in [-0.15, -0.1) is 0 Å². The average molecular weight is 457 g/mol. The Kier molecular flexibility index (Phi) is 6.73. The summed E-state index contributed by atoms with van der Waals surface area (Å²) in [5, 5.41) is -0.612. The van der Waals surface area contributed by atoms with Gasteiger partial charge in [-0.25, -0.2) is 14.8 Å². The molecule has 0 spiro atoms. The topological polar surface area (TPSA) is 68.2 Å². The van der Waals surface area contributed by atoms with Gasteiger partial charge in [0.15, 0.2) is 0 Å². The first-order chi connectivity index (χ1) is 14.4. The molecule has 3 heterocycles. The quantitative estimate of drug-likeness (QED) is 0.590. The lowest BCUT2D eigenvalue weighted by Crippen LogP contribution is -2.41. The molecule has 168 valence electrons. The van der Waals surface area contributed by atoms with Crippen LogP contribution in [0.3, 0.4) is 0 Å². The van der Waals surface area contributed by atoms with Crippen LogP contribution in [-0.4, -0.2) is 44.6 Å². The Labute approximate surface area is 183 Å². The summed E-state index contributed by atoms with van der Waals surface area (Å²) in [7, 11) is 0. The van der Waals surface area contributed by atoms with Crippen LogP contribution in [0.25, 0.3) is 0 Å². The Bertz CT molecular complexity index is 922. The van der Waals surface area contributed by atoms with E-state index in [1.807, 2.05) is 32.9 Å². The summed E-state index contributed by atoms with van der Waals surface area (Å²) in [6.45, 7) is 6.72. The van der Waals surface area contributed by atoms with Gasteiger partial charge in [0, 0.05) is 43.5 Å². The zero-order valence-corrected chi connectivity index (χ0v) is 18.3. The van der Waals surface area contributed by atoms with Gasteiger partial charge >= 0.3 is 12.3 Å². The number of likely N-dealkylation sites (tertiary alicyclic amines) is 1. The van der Waals surface area contributed by atoms with Crippen molar-refractivity contribution >= 4 is 17.7 Å². The third-order valence-electron chi connectivity index (χ3n) is 4.87. The summed E-state index contributed by atoms with van der Waals surface area (Å²) in [6.07, 6.45) is -0.730. The molecule has 0 atom stereocenters. The van der Waals surface area contributed by atoms with E-state index in [0.717, 1.165) is 24.1 Å². The molecule has 1 fully saturated rings. The van der Waals surface area contributed by atoms with Gasteiger partial charge in [0.2, 0.25) is 0 Å². The molecule has 0 saturated carbocycles. The van der Waals surface area contributed by atoms with Crippen LogP contribution >= 0.6 is 11.6 Å². The molecule has 2 aromatic heterocycles. The number of hydrogen-bond acceptors (Lipinski definition) is 5. The Morgan fingerprint density at radius 2 is 1.84 bits per heavy atom. The number of rotatable bonds is 3. The molecule has 0 N–H and O–H groups in total. The number of ether oxygens (including phenoxy) is 1. The lowest BCUT2D eigenvalue weighted by atomic mass is 9.93. The third-order valence-corrected chi connectivity index (χ3v) is 5.16. The maximum absolute atomic E-state index is 12.8. The summed E-state index contributed by atoms with van der Waals surface area (Å²) in [5.74, 6) is 0.419. The first-order valence-electron chi connectivity index (χ1n) is 9.94. The third kappa shape index (κ3) is 6.29. The Hall–Kier alpha value is -2.42. The fraction of sp³-hybridized carbons (Fsp3) is 0.524. The van der Waals surface area contributed by atoms with Crippen LogP contribution in [-0.2, 0) is 17.3 Å². The summed E-state index contributed by atoms with van der Waals surface area (Å²) < 4.78 is 43.7. The minimum atomic E-state index is -4.59. The predicted octanol–water partition coefficient (Wildman–Crippen LogP) is 5.25. The number of alkyl halides is 3. The molecule has 2 aromatic rings. The van der Waals surface area contributed by atoms with Crippen molar-refractivity contribution < 1.29 is 22.7 Å². The molecule has 1 amide bonds. The fourth-order valence-corrected chi connectivity index (χ4v) is 3.57. The van der Waals surface area contributed by atoms with Crippen LogP contribution < -0.4 is 0 Å². The standard InChI is InChI=1S/C21H24ClF3N4O2/c1-20(2,3)31-19(30)29-8-6-14(7-9-29)16-5-4-13(11-26-16)10-17-27-12-15(18(22)28-17)21(23,24)25/h4-5,11-12,14H,6-10H2,1-3H3. The number of amides is 1. The lowest BCUT2D eigenvalue weighted by Gasteiger charge is -2.33. The van der Waals surface area contributed by atoms with E-state index in [2.05, 4.69) is 15.0 Å². The van der Waals surface area contributed by atoms with Gasteiger partial charge in [-0.05, 0) is 45.2 Å². The van der Waals surface area contributed by atoms with Crippen molar-refractivity contribution in [1.82, 2.24) is 19.9 Å². The predicted molar refractivity (Wildman–Crippen MR) is 109 cm³/mol. The van der Waals surface area contributed by atoms with Gasteiger partial charge in [-0.2, -0.15) is 13.2 Å².